The van der Waals surface area contributed by atoms with Crippen LogP contribution in [0, 0.1) is 0 Å². The Labute approximate surface area is 159 Å². The molecule has 0 aliphatic carbocycles. The summed E-state index contributed by atoms with van der Waals surface area (Å²) in [6, 6.07) is 3.53. The van der Waals surface area contributed by atoms with Crippen molar-refractivity contribution in [2.45, 2.75) is 37.6 Å². The number of nitrogens with zero attached hydrogens (tertiary/aromatic N) is 3. The number of fused-ring (bicyclic) bond motifs is 3. The highest BCUT2D eigenvalue weighted by Crippen LogP contribution is 2.41. The Morgan fingerprint density at radius 2 is 2.27 bits per heavy atom. The molecule has 0 fully saturated rings. The molecule has 26 heavy (non-hydrogen) atoms. The number of aromatic nitrogens is 2. The van der Waals surface area contributed by atoms with Gasteiger partial charge >= 0.3 is 0 Å². The summed E-state index contributed by atoms with van der Waals surface area (Å²) in [6.07, 6.45) is 4.31. The molecule has 3 aromatic rings. The number of nitrogens with two attached hydrogens (primary N) is 1. The minimum absolute atomic E-state index is 0.215. The lowest BCUT2D eigenvalue weighted by molar-refractivity contribution is -0.0379. The highest BCUT2D eigenvalue weighted by atomic mass is 32.2. The maximum atomic E-state index is 5.99. The number of thiophene rings is 1. The van der Waals surface area contributed by atoms with E-state index >= 15 is 0 Å². The van der Waals surface area contributed by atoms with E-state index in [0.717, 1.165) is 16.6 Å². The van der Waals surface area contributed by atoms with E-state index in [0.29, 0.717) is 23.3 Å². The highest BCUT2D eigenvalue weighted by Gasteiger charge is 2.31. The van der Waals surface area contributed by atoms with Crippen LogP contribution in [0.3, 0.4) is 0 Å². The topological polar surface area (TPSA) is 98.6 Å². The quantitative estimate of drug-likeness (QED) is 0.231. The van der Waals surface area contributed by atoms with Crippen molar-refractivity contribution >= 4 is 45.0 Å². The fourth-order valence-corrected chi connectivity index (χ4v) is 4.42. The molecule has 0 radical (unpaired) electrons. The van der Waals surface area contributed by atoms with E-state index in [2.05, 4.69) is 34.3 Å². The van der Waals surface area contributed by atoms with Gasteiger partial charge in [-0.25, -0.2) is 9.97 Å². The zero-order valence-corrected chi connectivity index (χ0v) is 16.3. The van der Waals surface area contributed by atoms with Crippen molar-refractivity contribution in [3.05, 3.63) is 34.6 Å². The van der Waals surface area contributed by atoms with Crippen LogP contribution in [0.15, 0.2) is 33.1 Å². The number of nitrogens with one attached hydrogen (secondary N) is 1. The summed E-state index contributed by atoms with van der Waals surface area (Å²) in [5.74, 6) is 1.43. The van der Waals surface area contributed by atoms with Gasteiger partial charge in [-0.1, -0.05) is 11.8 Å². The molecular formula is C17H19N5O2S2. The average Bonchev–Trinajstić information content (AvgIpc) is 3.26. The van der Waals surface area contributed by atoms with Gasteiger partial charge in [0.25, 0.3) is 0 Å². The van der Waals surface area contributed by atoms with E-state index in [-0.39, 0.29) is 11.4 Å². The van der Waals surface area contributed by atoms with Gasteiger partial charge in [0, 0.05) is 11.3 Å². The van der Waals surface area contributed by atoms with Gasteiger partial charge in [-0.3, -0.25) is 5.43 Å². The van der Waals surface area contributed by atoms with Gasteiger partial charge in [0.05, 0.1) is 23.9 Å². The summed E-state index contributed by atoms with van der Waals surface area (Å²) in [4.78, 5) is 11.4. The first-order valence-corrected chi connectivity index (χ1v) is 10.1. The first-order chi connectivity index (χ1) is 12.5. The fourth-order valence-electron chi connectivity index (χ4n) is 2.89. The number of thioether (sulfide) groups is 1. The Hall–Kier alpha value is -2.10. The Balaban J connectivity index is 1.80. The summed E-state index contributed by atoms with van der Waals surface area (Å²) in [5, 5.41) is 5.93. The maximum absolute atomic E-state index is 5.99. The van der Waals surface area contributed by atoms with Crippen LogP contribution in [0.1, 0.15) is 30.0 Å². The maximum Gasteiger partial charge on any atom is 0.190 e. The van der Waals surface area contributed by atoms with Crippen LogP contribution in [-0.4, -0.2) is 27.7 Å². The Bertz CT molecular complexity index is 979. The number of furan rings is 1. The van der Waals surface area contributed by atoms with Crippen LogP contribution >= 0.6 is 23.1 Å². The SMILES string of the molecule is CSc1nc(N/N=C(\N)c2ccco2)c2c3c(sc2n1)COC(C)(C)C3. The van der Waals surface area contributed by atoms with E-state index < -0.39 is 0 Å². The first-order valence-electron chi connectivity index (χ1n) is 8.10. The lowest BCUT2D eigenvalue weighted by Gasteiger charge is -2.30. The lowest BCUT2D eigenvalue weighted by Crippen LogP contribution is -2.31. The van der Waals surface area contributed by atoms with Gasteiger partial charge in [0.1, 0.15) is 4.83 Å². The number of hydrogen-bond donors (Lipinski definition) is 2. The molecular weight excluding hydrogens is 370 g/mol. The molecule has 0 atom stereocenters. The number of hydrazone groups is 1. The highest BCUT2D eigenvalue weighted by molar-refractivity contribution is 7.98. The summed E-state index contributed by atoms with van der Waals surface area (Å²) < 4.78 is 11.2. The first kappa shape index (κ1) is 17.3. The summed E-state index contributed by atoms with van der Waals surface area (Å²) in [6.45, 7) is 4.78. The molecule has 9 heteroatoms. The minimum atomic E-state index is -0.215. The average molecular weight is 390 g/mol. The van der Waals surface area contributed by atoms with Crippen molar-refractivity contribution in [1.29, 1.82) is 0 Å². The molecule has 3 N–H and O–H groups in total. The predicted molar refractivity (Wildman–Crippen MR) is 105 cm³/mol. The normalized spacial score (nSPS) is 16.7. The van der Waals surface area contributed by atoms with E-state index in [4.69, 9.17) is 14.9 Å². The molecule has 3 aromatic heterocycles. The van der Waals surface area contributed by atoms with Crippen molar-refractivity contribution < 1.29 is 9.15 Å². The number of ether oxygens (including phenoxy) is 1. The van der Waals surface area contributed by atoms with Gasteiger partial charge in [-0.05, 0) is 37.8 Å². The van der Waals surface area contributed by atoms with Gasteiger partial charge in [-0.2, -0.15) is 5.10 Å². The Morgan fingerprint density at radius 3 is 3.00 bits per heavy atom. The van der Waals surface area contributed by atoms with Crippen LogP contribution < -0.4 is 11.2 Å². The molecule has 1 aliphatic heterocycles. The third-order valence-electron chi connectivity index (χ3n) is 4.15. The second-order valence-corrected chi connectivity index (χ2v) is 8.41. The predicted octanol–water partition coefficient (Wildman–Crippen LogP) is 3.59. The second kappa shape index (κ2) is 6.57. The largest absolute Gasteiger partial charge is 0.461 e. The van der Waals surface area contributed by atoms with Crippen LogP contribution in [0.25, 0.3) is 10.2 Å². The van der Waals surface area contributed by atoms with Crippen molar-refractivity contribution in [3.8, 4) is 0 Å². The molecule has 0 saturated carbocycles. The van der Waals surface area contributed by atoms with Gasteiger partial charge in [0.15, 0.2) is 22.6 Å². The molecule has 0 bridgehead atoms. The molecule has 1 aliphatic rings. The second-order valence-electron chi connectivity index (χ2n) is 6.55. The number of amidine groups is 1. The van der Waals surface area contributed by atoms with Crippen LogP contribution in [0.4, 0.5) is 5.82 Å². The van der Waals surface area contributed by atoms with Crippen LogP contribution in [0.2, 0.25) is 0 Å². The lowest BCUT2D eigenvalue weighted by atomic mass is 9.94. The molecule has 0 aromatic carbocycles. The number of rotatable bonds is 4. The molecule has 0 saturated heterocycles. The van der Waals surface area contributed by atoms with E-state index in [1.165, 1.54) is 22.2 Å². The molecule has 4 rings (SSSR count). The molecule has 4 heterocycles. The summed E-state index contributed by atoms with van der Waals surface area (Å²) >= 11 is 3.14. The van der Waals surface area contributed by atoms with Gasteiger partial charge in [0.2, 0.25) is 0 Å². The molecule has 0 amide bonds. The van der Waals surface area contributed by atoms with Crippen molar-refractivity contribution in [2.24, 2.45) is 10.8 Å². The summed E-state index contributed by atoms with van der Waals surface area (Å²) in [5.41, 5.74) is 10.0. The van der Waals surface area contributed by atoms with Crippen molar-refractivity contribution in [1.82, 2.24) is 9.97 Å². The molecule has 0 spiro atoms. The standard InChI is InChI=1S/C17H19N5O2S2/c1-17(2)7-9-11(8-24-17)26-15-12(9)14(19-16(20-15)25-3)22-21-13(18)10-5-4-6-23-10/h4-6H,7-8H2,1-3H3,(H2,18,21)(H,19,20,22). The molecule has 0 unspecified atom stereocenters. The molecule has 7 nitrogen and oxygen atoms in total. The van der Waals surface area contributed by atoms with Gasteiger partial charge in [-0.15, -0.1) is 11.3 Å². The van der Waals surface area contributed by atoms with E-state index in [9.17, 15) is 0 Å². The Morgan fingerprint density at radius 1 is 1.42 bits per heavy atom. The Kier molecular flexibility index (Phi) is 4.37. The third-order valence-corrected chi connectivity index (χ3v) is 5.80. The van der Waals surface area contributed by atoms with Crippen LogP contribution in [0.5, 0.6) is 0 Å². The minimum Gasteiger partial charge on any atom is -0.461 e. The smallest absolute Gasteiger partial charge is 0.190 e. The van der Waals surface area contributed by atoms with Gasteiger partial charge < -0.3 is 14.9 Å². The van der Waals surface area contributed by atoms with Crippen molar-refractivity contribution in [2.75, 3.05) is 11.7 Å². The fraction of sp³-hybridized carbons (Fsp3) is 0.353. The zero-order chi connectivity index (χ0) is 18.3. The van der Waals surface area contributed by atoms with E-state index in [1.54, 1.807) is 29.7 Å². The number of hydrogen-bond acceptors (Lipinski definition) is 8. The molecule has 136 valence electrons. The van der Waals surface area contributed by atoms with Crippen molar-refractivity contribution in [3.63, 3.8) is 0 Å². The monoisotopic (exact) mass is 389 g/mol. The number of anilines is 1. The van der Waals surface area contributed by atoms with E-state index in [1.807, 2.05) is 6.26 Å². The zero-order valence-electron chi connectivity index (χ0n) is 14.7. The summed E-state index contributed by atoms with van der Waals surface area (Å²) in [7, 11) is 0. The third kappa shape index (κ3) is 3.17. The van der Waals surface area contributed by atoms with Crippen LogP contribution in [-0.2, 0) is 17.8 Å².